The van der Waals surface area contributed by atoms with Gasteiger partial charge in [0.05, 0.1) is 16.1 Å². The molecule has 1 aromatic carbocycles. The number of pyridine rings is 1. The van der Waals surface area contributed by atoms with Crippen LogP contribution in [0, 0.1) is 20.8 Å². The van der Waals surface area contributed by atoms with E-state index in [1.165, 1.54) is 11.5 Å². The van der Waals surface area contributed by atoms with Crippen LogP contribution in [-0.2, 0) is 4.79 Å². The van der Waals surface area contributed by atoms with E-state index >= 15 is 0 Å². The zero-order chi connectivity index (χ0) is 17.3. The van der Waals surface area contributed by atoms with E-state index in [4.69, 9.17) is 16.3 Å². The van der Waals surface area contributed by atoms with E-state index < -0.39 is 0 Å². The molecule has 2 heterocycles. The highest BCUT2D eigenvalue weighted by Crippen LogP contribution is 2.30. The summed E-state index contributed by atoms with van der Waals surface area (Å²) in [6, 6.07) is 7.41. The summed E-state index contributed by atoms with van der Waals surface area (Å²) in [7, 11) is 0. The highest BCUT2D eigenvalue weighted by atomic mass is 35.5. The van der Waals surface area contributed by atoms with Gasteiger partial charge in [-0.1, -0.05) is 17.7 Å². The fraction of sp³-hybridized carbons (Fsp3) is 0.235. The van der Waals surface area contributed by atoms with Crippen molar-refractivity contribution in [1.82, 2.24) is 9.36 Å². The van der Waals surface area contributed by atoms with Crippen molar-refractivity contribution in [3.63, 3.8) is 0 Å². The Bertz CT molecular complexity index is 924. The molecule has 1 amide bonds. The van der Waals surface area contributed by atoms with Crippen LogP contribution in [0.2, 0.25) is 5.02 Å². The quantitative estimate of drug-likeness (QED) is 0.753. The Morgan fingerprint density at radius 1 is 1.29 bits per heavy atom. The SMILES string of the molecule is Cc1ccc(NC(=O)COc2nsc3nc(C)cc(C)c23)c(Cl)c1. The van der Waals surface area contributed by atoms with E-state index in [0.29, 0.717) is 16.6 Å². The van der Waals surface area contributed by atoms with Crippen molar-refractivity contribution in [2.45, 2.75) is 20.8 Å². The van der Waals surface area contributed by atoms with Crippen LogP contribution in [0.25, 0.3) is 10.2 Å². The molecule has 0 aliphatic heterocycles. The molecule has 0 bridgehead atoms. The molecule has 3 aromatic rings. The first-order chi connectivity index (χ1) is 11.4. The average molecular weight is 362 g/mol. The molecule has 0 unspecified atom stereocenters. The number of nitrogens with zero attached hydrogens (tertiary/aromatic N) is 2. The van der Waals surface area contributed by atoms with Crippen LogP contribution in [0.15, 0.2) is 24.3 Å². The van der Waals surface area contributed by atoms with E-state index in [-0.39, 0.29) is 12.5 Å². The summed E-state index contributed by atoms with van der Waals surface area (Å²) in [5.41, 5.74) is 3.55. The molecule has 1 N–H and O–H groups in total. The highest BCUT2D eigenvalue weighted by Gasteiger charge is 2.14. The van der Waals surface area contributed by atoms with Crippen LogP contribution in [0.4, 0.5) is 5.69 Å². The number of anilines is 1. The van der Waals surface area contributed by atoms with Crippen LogP contribution in [0.5, 0.6) is 5.88 Å². The number of benzene rings is 1. The number of nitrogens with one attached hydrogen (secondary N) is 1. The number of carbonyl (C=O) groups is 1. The van der Waals surface area contributed by atoms with Crippen molar-refractivity contribution in [2.24, 2.45) is 0 Å². The Kier molecular flexibility index (Phi) is 4.69. The molecule has 0 fully saturated rings. The monoisotopic (exact) mass is 361 g/mol. The largest absolute Gasteiger partial charge is 0.466 e. The zero-order valence-corrected chi connectivity index (χ0v) is 15.1. The maximum atomic E-state index is 12.1. The van der Waals surface area contributed by atoms with Crippen molar-refractivity contribution in [3.8, 4) is 5.88 Å². The van der Waals surface area contributed by atoms with Gasteiger partial charge in [0.25, 0.3) is 5.91 Å². The summed E-state index contributed by atoms with van der Waals surface area (Å²) in [5, 5.41) is 4.09. The molecule has 0 spiro atoms. The second-order valence-corrected chi connectivity index (χ2v) is 6.73. The molecule has 2 aromatic heterocycles. The second-order valence-electron chi connectivity index (χ2n) is 5.57. The van der Waals surface area contributed by atoms with Crippen molar-refractivity contribution in [3.05, 3.63) is 46.1 Å². The molecule has 124 valence electrons. The van der Waals surface area contributed by atoms with Crippen LogP contribution in [0.1, 0.15) is 16.8 Å². The number of fused-ring (bicyclic) bond motifs is 1. The number of amides is 1. The first-order valence-corrected chi connectivity index (χ1v) is 8.51. The minimum atomic E-state index is -0.292. The third-order valence-electron chi connectivity index (χ3n) is 3.48. The second kappa shape index (κ2) is 6.75. The third-order valence-corrected chi connectivity index (χ3v) is 4.52. The van der Waals surface area contributed by atoms with Gasteiger partial charge in [-0.25, -0.2) is 4.98 Å². The molecule has 0 aliphatic rings. The maximum Gasteiger partial charge on any atom is 0.262 e. The van der Waals surface area contributed by atoms with Crippen LogP contribution < -0.4 is 10.1 Å². The highest BCUT2D eigenvalue weighted by molar-refractivity contribution is 7.13. The first-order valence-electron chi connectivity index (χ1n) is 7.36. The van der Waals surface area contributed by atoms with Gasteiger partial charge in [0.1, 0.15) is 4.83 Å². The van der Waals surface area contributed by atoms with Crippen molar-refractivity contribution >= 4 is 44.9 Å². The first kappa shape index (κ1) is 16.7. The third kappa shape index (κ3) is 3.49. The number of aromatic nitrogens is 2. The van der Waals surface area contributed by atoms with Gasteiger partial charge in [-0.3, -0.25) is 4.79 Å². The fourth-order valence-corrected chi connectivity index (χ4v) is 3.52. The van der Waals surface area contributed by atoms with Gasteiger partial charge in [-0.05, 0) is 61.6 Å². The van der Waals surface area contributed by atoms with E-state index in [1.54, 1.807) is 12.1 Å². The zero-order valence-electron chi connectivity index (χ0n) is 13.5. The van der Waals surface area contributed by atoms with Crippen molar-refractivity contribution < 1.29 is 9.53 Å². The Balaban J connectivity index is 1.70. The summed E-state index contributed by atoms with van der Waals surface area (Å²) in [6.45, 7) is 5.71. The van der Waals surface area contributed by atoms with Crippen LogP contribution in [0.3, 0.4) is 0 Å². The summed E-state index contributed by atoms with van der Waals surface area (Å²) >= 11 is 7.38. The maximum absolute atomic E-state index is 12.1. The predicted octanol–water partition coefficient (Wildman–Crippen LogP) is 4.29. The predicted molar refractivity (Wildman–Crippen MR) is 97.2 cm³/mol. The number of hydrogen-bond acceptors (Lipinski definition) is 5. The molecule has 5 nitrogen and oxygen atoms in total. The van der Waals surface area contributed by atoms with Crippen LogP contribution >= 0.6 is 23.1 Å². The van der Waals surface area contributed by atoms with E-state index in [0.717, 1.165) is 27.0 Å². The van der Waals surface area contributed by atoms with E-state index in [9.17, 15) is 4.79 Å². The number of carbonyl (C=O) groups excluding carboxylic acids is 1. The van der Waals surface area contributed by atoms with E-state index in [2.05, 4.69) is 14.7 Å². The lowest BCUT2D eigenvalue weighted by atomic mass is 10.2. The molecule has 0 saturated carbocycles. The molecular formula is C17H16ClN3O2S. The topological polar surface area (TPSA) is 64.1 Å². The molecule has 0 aliphatic carbocycles. The molecule has 24 heavy (non-hydrogen) atoms. The molecule has 0 atom stereocenters. The van der Waals surface area contributed by atoms with Gasteiger partial charge in [0.2, 0.25) is 5.88 Å². The Morgan fingerprint density at radius 2 is 2.08 bits per heavy atom. The normalized spacial score (nSPS) is 10.8. The Morgan fingerprint density at radius 3 is 2.83 bits per heavy atom. The van der Waals surface area contributed by atoms with Gasteiger partial charge < -0.3 is 10.1 Å². The summed E-state index contributed by atoms with van der Waals surface area (Å²) in [4.78, 5) is 17.3. The fourth-order valence-electron chi connectivity index (χ4n) is 2.40. The smallest absolute Gasteiger partial charge is 0.262 e. The lowest BCUT2D eigenvalue weighted by Crippen LogP contribution is -2.20. The minimum Gasteiger partial charge on any atom is -0.466 e. The van der Waals surface area contributed by atoms with Crippen LogP contribution in [-0.4, -0.2) is 21.9 Å². The molecule has 0 saturated heterocycles. The lowest BCUT2D eigenvalue weighted by Gasteiger charge is -2.08. The van der Waals surface area contributed by atoms with Crippen molar-refractivity contribution in [2.75, 3.05) is 11.9 Å². The summed E-state index contributed by atoms with van der Waals surface area (Å²) < 4.78 is 9.84. The number of halogens is 1. The Labute approximate surface area is 148 Å². The van der Waals surface area contributed by atoms with Gasteiger partial charge >= 0.3 is 0 Å². The van der Waals surface area contributed by atoms with Gasteiger partial charge in [0, 0.05) is 5.69 Å². The number of aryl methyl sites for hydroxylation is 3. The van der Waals surface area contributed by atoms with Gasteiger partial charge in [0.15, 0.2) is 6.61 Å². The number of ether oxygens (including phenoxy) is 1. The van der Waals surface area contributed by atoms with Gasteiger partial charge in [-0.2, -0.15) is 4.37 Å². The standard InChI is InChI=1S/C17H16ClN3O2S/c1-9-4-5-13(12(18)6-9)20-14(22)8-23-16-15-10(2)7-11(3)19-17(15)24-21-16/h4-7H,8H2,1-3H3,(H,20,22). The molecular weight excluding hydrogens is 346 g/mol. The average Bonchev–Trinajstić information content (AvgIpc) is 2.91. The van der Waals surface area contributed by atoms with Crippen molar-refractivity contribution in [1.29, 1.82) is 0 Å². The Hall–Kier alpha value is -2.18. The molecule has 0 radical (unpaired) electrons. The molecule has 7 heteroatoms. The summed E-state index contributed by atoms with van der Waals surface area (Å²) in [5.74, 6) is 0.143. The minimum absolute atomic E-state index is 0.143. The number of hydrogen-bond donors (Lipinski definition) is 1. The van der Waals surface area contributed by atoms with Gasteiger partial charge in [-0.15, -0.1) is 0 Å². The lowest BCUT2D eigenvalue weighted by molar-refractivity contribution is -0.118. The summed E-state index contributed by atoms with van der Waals surface area (Å²) in [6.07, 6.45) is 0. The van der Waals surface area contributed by atoms with E-state index in [1.807, 2.05) is 32.9 Å². The number of rotatable bonds is 4. The molecule has 3 rings (SSSR count).